The number of hydrogen-bond donors (Lipinski definition) is 0. The molecule has 23 heavy (non-hydrogen) atoms. The molecule has 0 spiro atoms. The van der Waals surface area contributed by atoms with E-state index in [0.29, 0.717) is 11.4 Å². The number of fused-ring (bicyclic) bond motifs is 1. The molecule has 0 atom stereocenters. The fourth-order valence-corrected chi connectivity index (χ4v) is 4.23. The molecule has 2 aromatic heterocycles. The molecule has 0 unspecified atom stereocenters. The molecule has 6 nitrogen and oxygen atoms in total. The molecule has 120 valence electrons. The molecule has 0 amide bonds. The zero-order valence-electron chi connectivity index (χ0n) is 13.0. The summed E-state index contributed by atoms with van der Waals surface area (Å²) in [7, 11) is -3.46. The maximum absolute atomic E-state index is 13.3. The summed E-state index contributed by atoms with van der Waals surface area (Å²) in [6, 6.07) is 11.3. The molecular weight excluding hydrogens is 313 g/mol. The van der Waals surface area contributed by atoms with Crippen molar-refractivity contribution in [2.75, 3.05) is 13.2 Å². The van der Waals surface area contributed by atoms with Crippen LogP contribution < -0.4 is 5.44 Å². The highest BCUT2D eigenvalue weighted by atomic mass is 31.2. The van der Waals surface area contributed by atoms with Gasteiger partial charge in [-0.15, -0.1) is 0 Å². The first-order chi connectivity index (χ1) is 11.2. The number of hydrogen-bond acceptors (Lipinski definition) is 5. The number of aromatic nitrogens is 3. The maximum atomic E-state index is 13.3. The van der Waals surface area contributed by atoms with Gasteiger partial charge in [0.2, 0.25) is 5.95 Å². The smallest absolute Gasteiger partial charge is 0.304 e. The third-order valence-electron chi connectivity index (χ3n) is 3.32. The van der Waals surface area contributed by atoms with Gasteiger partial charge in [-0.1, -0.05) is 18.2 Å². The third kappa shape index (κ3) is 2.93. The molecule has 3 aromatic rings. The van der Waals surface area contributed by atoms with E-state index in [1.165, 1.54) is 0 Å². The lowest BCUT2D eigenvalue weighted by atomic mass is 10.2. The van der Waals surface area contributed by atoms with E-state index >= 15 is 0 Å². The minimum absolute atomic E-state index is 0.286. The highest BCUT2D eigenvalue weighted by Crippen LogP contribution is 2.48. The van der Waals surface area contributed by atoms with Crippen LogP contribution in [-0.2, 0) is 13.6 Å². The van der Waals surface area contributed by atoms with Gasteiger partial charge in [0.1, 0.15) is 5.44 Å². The number of para-hydroxylation sites is 1. The van der Waals surface area contributed by atoms with Gasteiger partial charge >= 0.3 is 7.60 Å². The lowest BCUT2D eigenvalue weighted by Crippen LogP contribution is -2.20. The van der Waals surface area contributed by atoms with Crippen LogP contribution in [0.2, 0.25) is 0 Å². The lowest BCUT2D eigenvalue weighted by molar-refractivity contribution is 0.229. The van der Waals surface area contributed by atoms with E-state index in [2.05, 4.69) is 9.97 Å². The van der Waals surface area contributed by atoms with Crippen LogP contribution >= 0.6 is 7.60 Å². The van der Waals surface area contributed by atoms with Crippen LogP contribution in [0.15, 0.2) is 48.8 Å². The normalized spacial score (nSPS) is 11.9. The molecule has 7 heteroatoms. The van der Waals surface area contributed by atoms with E-state index in [0.717, 1.165) is 10.9 Å². The Morgan fingerprint density at radius 2 is 1.70 bits per heavy atom. The maximum Gasteiger partial charge on any atom is 0.378 e. The van der Waals surface area contributed by atoms with Crippen LogP contribution in [-0.4, -0.2) is 27.7 Å². The Morgan fingerprint density at radius 1 is 1.04 bits per heavy atom. The predicted octanol–water partition coefficient (Wildman–Crippen LogP) is 3.31. The van der Waals surface area contributed by atoms with Crippen LogP contribution in [0.25, 0.3) is 16.9 Å². The van der Waals surface area contributed by atoms with Gasteiger partial charge in [0, 0.05) is 17.8 Å². The fraction of sp³-hybridized carbons (Fsp3) is 0.250. The average Bonchev–Trinajstić information content (AvgIpc) is 2.96. The molecule has 2 heterocycles. The molecule has 0 aliphatic rings. The summed E-state index contributed by atoms with van der Waals surface area (Å²) in [5.41, 5.74) is 1.29. The zero-order chi connectivity index (χ0) is 16.3. The Morgan fingerprint density at radius 3 is 2.35 bits per heavy atom. The minimum Gasteiger partial charge on any atom is -0.304 e. The van der Waals surface area contributed by atoms with Gasteiger partial charge in [-0.05, 0) is 32.0 Å². The van der Waals surface area contributed by atoms with Crippen molar-refractivity contribution in [2.24, 2.45) is 0 Å². The van der Waals surface area contributed by atoms with E-state index in [-0.39, 0.29) is 13.2 Å². The molecule has 0 saturated heterocycles. The molecule has 3 rings (SSSR count). The lowest BCUT2D eigenvalue weighted by Gasteiger charge is -2.18. The molecular formula is C16H18N3O3P. The van der Waals surface area contributed by atoms with Crippen LogP contribution in [0.5, 0.6) is 0 Å². The predicted molar refractivity (Wildman–Crippen MR) is 89.4 cm³/mol. The second-order valence-electron chi connectivity index (χ2n) is 4.78. The second kappa shape index (κ2) is 6.62. The minimum atomic E-state index is -3.46. The molecule has 0 saturated carbocycles. The quantitative estimate of drug-likeness (QED) is 0.648. The van der Waals surface area contributed by atoms with Crippen molar-refractivity contribution in [1.82, 2.24) is 14.5 Å². The number of benzene rings is 1. The summed E-state index contributed by atoms with van der Waals surface area (Å²) < 4.78 is 26.0. The Kier molecular flexibility index (Phi) is 4.57. The molecule has 0 N–H and O–H groups in total. The topological polar surface area (TPSA) is 66.2 Å². The van der Waals surface area contributed by atoms with Gasteiger partial charge < -0.3 is 9.05 Å². The van der Waals surface area contributed by atoms with Gasteiger partial charge in [0.25, 0.3) is 0 Å². The molecule has 0 aliphatic carbocycles. The molecule has 0 aliphatic heterocycles. The Hall–Kier alpha value is -2.01. The largest absolute Gasteiger partial charge is 0.378 e. The van der Waals surface area contributed by atoms with Gasteiger partial charge in [0.05, 0.1) is 18.7 Å². The molecule has 0 fully saturated rings. The Labute approximate surface area is 134 Å². The first kappa shape index (κ1) is 15.9. The second-order valence-corrected chi connectivity index (χ2v) is 6.75. The van der Waals surface area contributed by atoms with Crippen LogP contribution in [0, 0.1) is 0 Å². The Balaban J connectivity index is 2.30. The van der Waals surface area contributed by atoms with Gasteiger partial charge in [-0.3, -0.25) is 9.13 Å². The SMILES string of the molecule is CCOP(=O)(OCC)c1cc2ccccc2n1-c1ncccn1. The van der Waals surface area contributed by atoms with Crippen molar-refractivity contribution >= 4 is 23.9 Å². The van der Waals surface area contributed by atoms with Crippen molar-refractivity contribution in [1.29, 1.82) is 0 Å². The highest BCUT2D eigenvalue weighted by molar-refractivity contribution is 7.62. The summed E-state index contributed by atoms with van der Waals surface area (Å²) >= 11 is 0. The molecule has 0 bridgehead atoms. The first-order valence-corrected chi connectivity index (χ1v) is 9.01. The zero-order valence-corrected chi connectivity index (χ0v) is 13.9. The highest BCUT2D eigenvalue weighted by Gasteiger charge is 2.32. The van der Waals surface area contributed by atoms with Crippen molar-refractivity contribution in [3.63, 3.8) is 0 Å². The monoisotopic (exact) mass is 331 g/mol. The fourth-order valence-electron chi connectivity index (χ4n) is 2.47. The van der Waals surface area contributed by atoms with Crippen molar-refractivity contribution in [2.45, 2.75) is 13.8 Å². The first-order valence-electron chi connectivity index (χ1n) is 7.47. The summed E-state index contributed by atoms with van der Waals surface area (Å²) in [6.07, 6.45) is 3.29. The summed E-state index contributed by atoms with van der Waals surface area (Å²) in [5.74, 6) is 0.434. The van der Waals surface area contributed by atoms with Crippen LogP contribution in [0.4, 0.5) is 0 Å². The average molecular weight is 331 g/mol. The Bertz CT molecular complexity index is 838. The summed E-state index contributed by atoms with van der Waals surface area (Å²) in [4.78, 5) is 8.57. The molecule has 0 radical (unpaired) electrons. The van der Waals surface area contributed by atoms with E-state index in [9.17, 15) is 4.57 Å². The van der Waals surface area contributed by atoms with E-state index < -0.39 is 7.60 Å². The summed E-state index contributed by atoms with van der Waals surface area (Å²) in [6.45, 7) is 4.15. The van der Waals surface area contributed by atoms with Crippen molar-refractivity contribution in [3.8, 4) is 5.95 Å². The number of nitrogens with zero attached hydrogens (tertiary/aromatic N) is 3. The van der Waals surface area contributed by atoms with E-state index in [4.69, 9.17) is 9.05 Å². The molecule has 1 aromatic carbocycles. The van der Waals surface area contributed by atoms with Crippen molar-refractivity contribution in [3.05, 3.63) is 48.8 Å². The van der Waals surface area contributed by atoms with E-state index in [1.54, 1.807) is 36.9 Å². The van der Waals surface area contributed by atoms with Gasteiger partial charge in [-0.2, -0.15) is 0 Å². The summed E-state index contributed by atoms with van der Waals surface area (Å²) in [5, 5.41) is 0.926. The van der Waals surface area contributed by atoms with Crippen LogP contribution in [0.3, 0.4) is 0 Å². The third-order valence-corrected chi connectivity index (χ3v) is 5.41. The standard InChI is InChI=1S/C16H18N3O3P/c1-3-21-23(20,22-4-2)15-12-13-8-5-6-9-14(13)19(15)16-17-10-7-11-18-16/h5-12H,3-4H2,1-2H3. The van der Waals surface area contributed by atoms with Crippen molar-refractivity contribution < 1.29 is 13.6 Å². The van der Waals surface area contributed by atoms with Gasteiger partial charge in [-0.25, -0.2) is 9.97 Å². The van der Waals surface area contributed by atoms with Crippen LogP contribution in [0.1, 0.15) is 13.8 Å². The van der Waals surface area contributed by atoms with Gasteiger partial charge in [0.15, 0.2) is 0 Å². The van der Waals surface area contributed by atoms with E-state index in [1.807, 2.05) is 30.3 Å². The number of rotatable bonds is 6.